The van der Waals surface area contributed by atoms with Crippen molar-refractivity contribution >= 4 is 17.4 Å². The fraction of sp³-hybridized carbons (Fsp3) is 0.385. The lowest BCUT2D eigenvalue weighted by Crippen LogP contribution is -2.08. The van der Waals surface area contributed by atoms with E-state index in [9.17, 15) is 4.79 Å². The molecule has 0 spiro atoms. The molecule has 1 aromatic rings. The highest BCUT2D eigenvalue weighted by Gasteiger charge is 2.03. The minimum atomic E-state index is -0.226. The van der Waals surface area contributed by atoms with E-state index in [-0.39, 0.29) is 12.4 Å². The number of carbonyl (C=O) groups is 1. The van der Waals surface area contributed by atoms with Crippen molar-refractivity contribution in [1.29, 1.82) is 0 Å². The van der Waals surface area contributed by atoms with Crippen LogP contribution in [0.4, 0.5) is 5.69 Å². The number of hydrogen-bond acceptors (Lipinski definition) is 3. The Bertz CT molecular complexity index is 379. The Morgan fingerprint density at radius 2 is 1.94 bits per heavy atom. The van der Waals surface area contributed by atoms with Crippen LogP contribution in [0.15, 0.2) is 29.3 Å². The number of rotatable bonds is 4. The van der Waals surface area contributed by atoms with Crippen molar-refractivity contribution in [3.63, 3.8) is 0 Å². The predicted octanol–water partition coefficient (Wildman–Crippen LogP) is 3.04. The van der Waals surface area contributed by atoms with Crippen molar-refractivity contribution in [3.05, 3.63) is 29.8 Å². The average molecular weight is 219 g/mol. The first-order valence-electron chi connectivity index (χ1n) is 5.38. The molecule has 0 N–H and O–H groups in total. The van der Waals surface area contributed by atoms with Gasteiger partial charge in [0.25, 0.3) is 0 Å². The van der Waals surface area contributed by atoms with Gasteiger partial charge >= 0.3 is 5.97 Å². The number of benzene rings is 1. The van der Waals surface area contributed by atoms with Crippen LogP contribution in [0, 0.1) is 6.92 Å². The van der Waals surface area contributed by atoms with Crippen molar-refractivity contribution < 1.29 is 9.53 Å². The van der Waals surface area contributed by atoms with Crippen LogP contribution >= 0.6 is 0 Å². The molecule has 0 saturated heterocycles. The van der Waals surface area contributed by atoms with E-state index in [0.717, 1.165) is 11.4 Å². The molecule has 0 atom stereocenters. The zero-order chi connectivity index (χ0) is 12.0. The molecular weight excluding hydrogens is 202 g/mol. The molecule has 0 aliphatic rings. The first kappa shape index (κ1) is 12.4. The van der Waals surface area contributed by atoms with Crippen LogP contribution in [0.1, 0.15) is 25.8 Å². The Hall–Kier alpha value is -1.64. The highest BCUT2D eigenvalue weighted by Crippen LogP contribution is 2.13. The van der Waals surface area contributed by atoms with Gasteiger partial charge in [0.1, 0.15) is 0 Å². The Kier molecular flexibility index (Phi) is 4.70. The molecule has 3 heteroatoms. The molecule has 0 unspecified atom stereocenters. The summed E-state index contributed by atoms with van der Waals surface area (Å²) in [6.45, 7) is 6.07. The molecule has 1 aromatic carbocycles. The SMILES string of the molecule is CCOC(=O)CC(C)=Nc1ccc(C)cc1. The van der Waals surface area contributed by atoms with E-state index < -0.39 is 0 Å². The maximum Gasteiger partial charge on any atom is 0.311 e. The molecule has 16 heavy (non-hydrogen) atoms. The second-order valence-electron chi connectivity index (χ2n) is 3.66. The molecule has 0 radical (unpaired) electrons. The summed E-state index contributed by atoms with van der Waals surface area (Å²) in [5.74, 6) is -0.226. The van der Waals surface area contributed by atoms with Crippen molar-refractivity contribution in [3.8, 4) is 0 Å². The second kappa shape index (κ2) is 6.05. The maximum atomic E-state index is 11.2. The average Bonchev–Trinajstić information content (AvgIpc) is 2.21. The number of esters is 1. The molecule has 0 fully saturated rings. The van der Waals surface area contributed by atoms with E-state index in [1.54, 1.807) is 6.92 Å². The molecule has 0 bridgehead atoms. The number of nitrogens with zero attached hydrogens (tertiary/aromatic N) is 1. The van der Waals surface area contributed by atoms with Crippen LogP contribution in [0.25, 0.3) is 0 Å². The lowest BCUT2D eigenvalue weighted by Gasteiger charge is -2.01. The summed E-state index contributed by atoms with van der Waals surface area (Å²) in [5, 5.41) is 0. The van der Waals surface area contributed by atoms with Gasteiger partial charge in [-0.15, -0.1) is 0 Å². The third-order valence-corrected chi connectivity index (χ3v) is 2.06. The third kappa shape index (κ3) is 4.26. The molecule has 0 aliphatic heterocycles. The summed E-state index contributed by atoms with van der Waals surface area (Å²) in [6, 6.07) is 7.86. The van der Waals surface area contributed by atoms with Crippen molar-refractivity contribution in [2.75, 3.05) is 6.61 Å². The van der Waals surface area contributed by atoms with Gasteiger partial charge in [0.05, 0.1) is 18.7 Å². The summed E-state index contributed by atoms with van der Waals surface area (Å²) in [5.41, 5.74) is 2.83. The molecule has 0 aliphatic carbocycles. The van der Waals surface area contributed by atoms with Gasteiger partial charge in [-0.1, -0.05) is 17.7 Å². The first-order chi connectivity index (χ1) is 7.61. The minimum absolute atomic E-state index is 0.226. The van der Waals surface area contributed by atoms with E-state index in [4.69, 9.17) is 4.74 Å². The molecule has 0 heterocycles. The Labute approximate surface area is 96.2 Å². The summed E-state index contributed by atoms with van der Waals surface area (Å²) in [4.78, 5) is 15.5. The fourth-order valence-corrected chi connectivity index (χ4v) is 1.30. The highest BCUT2D eigenvalue weighted by atomic mass is 16.5. The fourth-order valence-electron chi connectivity index (χ4n) is 1.30. The molecule has 3 nitrogen and oxygen atoms in total. The molecular formula is C13H17NO2. The lowest BCUT2D eigenvalue weighted by molar-refractivity contribution is -0.141. The zero-order valence-electron chi connectivity index (χ0n) is 9.99. The monoisotopic (exact) mass is 219 g/mol. The van der Waals surface area contributed by atoms with Gasteiger partial charge < -0.3 is 4.74 Å². The number of hydrogen-bond donors (Lipinski definition) is 0. The van der Waals surface area contributed by atoms with Gasteiger partial charge in [0.15, 0.2) is 0 Å². The second-order valence-corrected chi connectivity index (χ2v) is 3.66. The van der Waals surface area contributed by atoms with Gasteiger partial charge in [-0.2, -0.15) is 0 Å². The zero-order valence-corrected chi connectivity index (χ0v) is 9.99. The van der Waals surface area contributed by atoms with E-state index in [1.807, 2.05) is 38.1 Å². The van der Waals surface area contributed by atoms with Gasteiger partial charge in [-0.25, -0.2) is 0 Å². The summed E-state index contributed by atoms with van der Waals surface area (Å²) < 4.78 is 4.85. The van der Waals surface area contributed by atoms with Crippen molar-refractivity contribution in [2.45, 2.75) is 27.2 Å². The smallest absolute Gasteiger partial charge is 0.311 e. The molecule has 0 amide bonds. The lowest BCUT2D eigenvalue weighted by atomic mass is 10.2. The Morgan fingerprint density at radius 3 is 2.50 bits per heavy atom. The van der Waals surface area contributed by atoms with Crippen LogP contribution in [0.2, 0.25) is 0 Å². The quantitative estimate of drug-likeness (QED) is 0.576. The highest BCUT2D eigenvalue weighted by molar-refractivity contribution is 5.98. The molecule has 0 aromatic heterocycles. The van der Waals surface area contributed by atoms with Crippen LogP contribution in [-0.2, 0) is 9.53 Å². The molecule has 1 rings (SSSR count). The summed E-state index contributed by atoms with van der Waals surface area (Å²) in [6.07, 6.45) is 0.252. The van der Waals surface area contributed by atoms with Crippen LogP contribution in [0.5, 0.6) is 0 Å². The first-order valence-corrected chi connectivity index (χ1v) is 5.38. The Morgan fingerprint density at radius 1 is 1.31 bits per heavy atom. The molecule has 86 valence electrons. The largest absolute Gasteiger partial charge is 0.466 e. The van der Waals surface area contributed by atoms with E-state index in [2.05, 4.69) is 4.99 Å². The van der Waals surface area contributed by atoms with Crippen molar-refractivity contribution in [2.24, 2.45) is 4.99 Å². The van der Waals surface area contributed by atoms with Crippen molar-refractivity contribution in [1.82, 2.24) is 0 Å². The molecule has 0 saturated carbocycles. The normalized spacial score (nSPS) is 11.3. The van der Waals surface area contributed by atoms with Crippen LogP contribution in [0.3, 0.4) is 0 Å². The topological polar surface area (TPSA) is 38.7 Å². The number of aliphatic imine (C=N–C) groups is 1. The van der Waals surface area contributed by atoms with Gasteiger partial charge in [-0.05, 0) is 32.9 Å². The van der Waals surface area contributed by atoms with Gasteiger partial charge in [0.2, 0.25) is 0 Å². The number of carbonyl (C=O) groups excluding carboxylic acids is 1. The van der Waals surface area contributed by atoms with Gasteiger partial charge in [0, 0.05) is 5.71 Å². The van der Waals surface area contributed by atoms with Crippen LogP contribution in [-0.4, -0.2) is 18.3 Å². The number of ether oxygens (including phenoxy) is 1. The standard InChI is InChI=1S/C13H17NO2/c1-4-16-13(15)9-11(3)14-12-7-5-10(2)6-8-12/h5-8H,4,9H2,1-3H3. The third-order valence-electron chi connectivity index (χ3n) is 2.06. The summed E-state index contributed by atoms with van der Waals surface area (Å²) >= 11 is 0. The predicted molar refractivity (Wildman–Crippen MR) is 65.2 cm³/mol. The Balaban J connectivity index is 2.62. The minimum Gasteiger partial charge on any atom is -0.466 e. The maximum absolute atomic E-state index is 11.2. The summed E-state index contributed by atoms with van der Waals surface area (Å²) in [7, 11) is 0. The van der Waals surface area contributed by atoms with E-state index in [0.29, 0.717) is 6.61 Å². The number of aryl methyl sites for hydroxylation is 1. The van der Waals surface area contributed by atoms with Crippen LogP contribution < -0.4 is 0 Å². The van der Waals surface area contributed by atoms with E-state index >= 15 is 0 Å². The van der Waals surface area contributed by atoms with Gasteiger partial charge in [-0.3, -0.25) is 9.79 Å². The van der Waals surface area contributed by atoms with E-state index in [1.165, 1.54) is 5.56 Å².